The first-order valence-electron chi connectivity index (χ1n) is 11.5. The van der Waals surface area contributed by atoms with Gasteiger partial charge in [0.1, 0.15) is 12.0 Å². The number of anilines is 2. The van der Waals surface area contributed by atoms with Crippen molar-refractivity contribution in [2.24, 2.45) is 0 Å². The quantitative estimate of drug-likeness (QED) is 0.368. The van der Waals surface area contributed by atoms with E-state index in [9.17, 15) is 14.7 Å². The van der Waals surface area contributed by atoms with Crippen molar-refractivity contribution in [3.63, 3.8) is 0 Å². The minimum absolute atomic E-state index is 0.0464. The van der Waals surface area contributed by atoms with Gasteiger partial charge in [0, 0.05) is 32.4 Å². The first kappa shape index (κ1) is 25.4. The Kier molecular flexibility index (Phi) is 7.80. The Bertz CT molecular complexity index is 1360. The van der Waals surface area contributed by atoms with Crippen LogP contribution in [0.1, 0.15) is 22.0 Å². The number of furan rings is 1. The lowest BCUT2D eigenvalue weighted by Gasteiger charge is -2.22. The number of aliphatic hydroxyl groups is 1. The standard InChI is InChI=1S/C27H27N5O5/c1-31(2)26-28-15-23(24(30-26)18-8-5-4-6-9-18)37-27(35)32(3)16-22(33)19-10-7-11-21(14-19)29-25(34)20-12-13-36-17-20/h4-15,17,22,33H,16H2,1-3H3,(H,29,34). The monoisotopic (exact) mass is 501 g/mol. The van der Waals surface area contributed by atoms with Crippen LogP contribution in [0.15, 0.2) is 83.8 Å². The second kappa shape index (κ2) is 11.4. The number of ether oxygens (including phenoxy) is 1. The summed E-state index contributed by atoms with van der Waals surface area (Å²) in [5.41, 5.74) is 2.65. The van der Waals surface area contributed by atoms with E-state index in [-0.39, 0.29) is 18.2 Å². The van der Waals surface area contributed by atoms with Crippen LogP contribution in [-0.4, -0.2) is 59.7 Å². The van der Waals surface area contributed by atoms with E-state index >= 15 is 0 Å². The lowest BCUT2D eigenvalue weighted by atomic mass is 10.1. The van der Waals surface area contributed by atoms with E-state index in [2.05, 4.69) is 15.3 Å². The van der Waals surface area contributed by atoms with Gasteiger partial charge in [-0.05, 0) is 23.8 Å². The minimum Gasteiger partial charge on any atom is -0.472 e. The van der Waals surface area contributed by atoms with E-state index in [1.807, 2.05) is 44.4 Å². The molecule has 0 bridgehead atoms. The predicted molar refractivity (Wildman–Crippen MR) is 139 cm³/mol. The van der Waals surface area contributed by atoms with Crippen molar-refractivity contribution in [2.45, 2.75) is 6.10 Å². The molecule has 0 aliphatic rings. The molecule has 1 unspecified atom stereocenters. The van der Waals surface area contributed by atoms with Crippen LogP contribution in [0, 0.1) is 0 Å². The topological polar surface area (TPSA) is 121 Å². The Labute approximate surface area is 214 Å². The molecule has 2 aromatic heterocycles. The van der Waals surface area contributed by atoms with E-state index in [0.717, 1.165) is 5.56 Å². The number of aromatic nitrogens is 2. The van der Waals surface area contributed by atoms with Gasteiger partial charge in [-0.2, -0.15) is 0 Å². The van der Waals surface area contributed by atoms with Crippen LogP contribution in [0.4, 0.5) is 16.4 Å². The molecule has 10 nitrogen and oxygen atoms in total. The predicted octanol–water partition coefficient (Wildman–Crippen LogP) is 4.22. The number of rotatable bonds is 8. The molecule has 0 aliphatic carbocycles. The highest BCUT2D eigenvalue weighted by Crippen LogP contribution is 2.29. The normalized spacial score (nSPS) is 11.5. The van der Waals surface area contributed by atoms with Crippen molar-refractivity contribution in [1.82, 2.24) is 14.9 Å². The second-order valence-electron chi connectivity index (χ2n) is 8.50. The highest BCUT2D eigenvalue weighted by molar-refractivity contribution is 6.04. The van der Waals surface area contributed by atoms with Gasteiger partial charge in [-0.15, -0.1) is 0 Å². The van der Waals surface area contributed by atoms with Gasteiger partial charge in [0.25, 0.3) is 5.91 Å². The molecule has 4 rings (SSSR count). The Morgan fingerprint density at radius 3 is 2.57 bits per heavy atom. The van der Waals surface area contributed by atoms with Crippen LogP contribution in [0.3, 0.4) is 0 Å². The third kappa shape index (κ3) is 6.30. The maximum atomic E-state index is 12.9. The minimum atomic E-state index is -1.02. The highest BCUT2D eigenvalue weighted by atomic mass is 16.6. The second-order valence-corrected chi connectivity index (χ2v) is 8.50. The Hall–Kier alpha value is -4.70. The molecule has 0 saturated heterocycles. The molecular weight excluding hydrogens is 474 g/mol. The molecular formula is C27H27N5O5. The fraction of sp³-hybridized carbons (Fsp3) is 0.185. The van der Waals surface area contributed by atoms with Gasteiger partial charge in [0.2, 0.25) is 5.95 Å². The molecule has 0 radical (unpaired) electrons. The summed E-state index contributed by atoms with van der Waals surface area (Å²) in [6.07, 6.45) is 2.51. The Morgan fingerprint density at radius 1 is 1.08 bits per heavy atom. The fourth-order valence-electron chi connectivity index (χ4n) is 3.49. The number of benzene rings is 2. The lowest BCUT2D eigenvalue weighted by Crippen LogP contribution is -2.33. The average molecular weight is 502 g/mol. The summed E-state index contributed by atoms with van der Waals surface area (Å²) in [5, 5.41) is 13.5. The molecule has 0 aliphatic heterocycles. The molecule has 37 heavy (non-hydrogen) atoms. The summed E-state index contributed by atoms with van der Waals surface area (Å²) in [5.74, 6) is 0.340. The zero-order valence-corrected chi connectivity index (χ0v) is 20.7. The number of nitrogens with zero attached hydrogens (tertiary/aromatic N) is 4. The number of hydrogen-bond donors (Lipinski definition) is 2. The van der Waals surface area contributed by atoms with Gasteiger partial charge in [0.05, 0.1) is 30.7 Å². The first-order valence-corrected chi connectivity index (χ1v) is 11.5. The molecule has 4 aromatic rings. The van der Waals surface area contributed by atoms with Crippen LogP contribution in [0.25, 0.3) is 11.3 Å². The van der Waals surface area contributed by atoms with Gasteiger partial charge in [0.15, 0.2) is 5.75 Å². The third-order valence-corrected chi connectivity index (χ3v) is 5.46. The number of aliphatic hydroxyl groups excluding tert-OH is 1. The molecule has 0 saturated carbocycles. The Morgan fingerprint density at radius 2 is 1.86 bits per heavy atom. The summed E-state index contributed by atoms with van der Waals surface area (Å²) < 4.78 is 10.6. The molecule has 2 amide bonds. The zero-order chi connectivity index (χ0) is 26.4. The van der Waals surface area contributed by atoms with Gasteiger partial charge >= 0.3 is 6.09 Å². The van der Waals surface area contributed by atoms with E-state index in [1.54, 1.807) is 35.2 Å². The van der Waals surface area contributed by atoms with Crippen molar-refractivity contribution in [3.8, 4) is 17.0 Å². The summed E-state index contributed by atoms with van der Waals surface area (Å²) in [6, 6.07) is 17.7. The van der Waals surface area contributed by atoms with Gasteiger partial charge in [-0.1, -0.05) is 42.5 Å². The van der Waals surface area contributed by atoms with Crippen molar-refractivity contribution in [2.75, 3.05) is 37.9 Å². The van der Waals surface area contributed by atoms with Crippen LogP contribution in [-0.2, 0) is 0 Å². The number of amides is 2. The number of likely N-dealkylation sites (N-methyl/N-ethyl adjacent to an activating group) is 1. The first-order chi connectivity index (χ1) is 17.8. The van der Waals surface area contributed by atoms with E-state index < -0.39 is 12.2 Å². The molecule has 2 heterocycles. The van der Waals surface area contributed by atoms with Gasteiger partial charge in [-0.3, -0.25) is 4.79 Å². The van der Waals surface area contributed by atoms with Gasteiger partial charge < -0.3 is 29.4 Å². The highest BCUT2D eigenvalue weighted by Gasteiger charge is 2.21. The molecule has 2 N–H and O–H groups in total. The van der Waals surface area contributed by atoms with Crippen LogP contribution in [0.2, 0.25) is 0 Å². The number of carbonyl (C=O) groups excluding carboxylic acids is 2. The number of hydrogen-bond acceptors (Lipinski definition) is 8. The van der Waals surface area contributed by atoms with Crippen LogP contribution < -0.4 is 15.0 Å². The van der Waals surface area contributed by atoms with Crippen molar-refractivity contribution in [3.05, 3.63) is 90.5 Å². The largest absolute Gasteiger partial charge is 0.472 e. The summed E-state index contributed by atoms with van der Waals surface area (Å²) in [4.78, 5) is 37.0. The van der Waals surface area contributed by atoms with E-state index in [0.29, 0.717) is 28.5 Å². The Balaban J connectivity index is 1.44. The smallest absolute Gasteiger partial charge is 0.415 e. The SMILES string of the molecule is CN(CC(O)c1cccc(NC(=O)c2ccoc2)c1)C(=O)Oc1cnc(N(C)C)nc1-c1ccccc1. The van der Waals surface area contributed by atoms with Crippen molar-refractivity contribution in [1.29, 1.82) is 0 Å². The van der Waals surface area contributed by atoms with Crippen molar-refractivity contribution < 1.29 is 23.8 Å². The number of nitrogens with one attached hydrogen (secondary N) is 1. The molecule has 1 atom stereocenters. The third-order valence-electron chi connectivity index (χ3n) is 5.46. The maximum absolute atomic E-state index is 12.9. The summed E-state index contributed by atoms with van der Waals surface area (Å²) in [7, 11) is 5.17. The number of carbonyl (C=O) groups is 2. The van der Waals surface area contributed by atoms with Crippen LogP contribution >= 0.6 is 0 Å². The average Bonchev–Trinajstić information content (AvgIpc) is 3.45. The molecule has 0 fully saturated rings. The molecule has 2 aromatic carbocycles. The fourth-order valence-corrected chi connectivity index (χ4v) is 3.49. The lowest BCUT2D eigenvalue weighted by molar-refractivity contribution is 0.102. The molecule has 10 heteroatoms. The maximum Gasteiger partial charge on any atom is 0.415 e. The van der Waals surface area contributed by atoms with E-state index in [1.165, 1.54) is 30.7 Å². The summed E-state index contributed by atoms with van der Waals surface area (Å²) in [6.45, 7) is -0.0464. The van der Waals surface area contributed by atoms with E-state index in [4.69, 9.17) is 9.15 Å². The van der Waals surface area contributed by atoms with Crippen LogP contribution in [0.5, 0.6) is 5.75 Å². The van der Waals surface area contributed by atoms with Crippen molar-refractivity contribution >= 4 is 23.6 Å². The molecule has 190 valence electrons. The molecule has 0 spiro atoms. The summed E-state index contributed by atoms with van der Waals surface area (Å²) >= 11 is 0. The van der Waals surface area contributed by atoms with Gasteiger partial charge in [-0.25, -0.2) is 14.8 Å². The zero-order valence-electron chi connectivity index (χ0n) is 20.7.